The fraction of sp³-hybridized carbons (Fsp3) is 0.182. The molecule has 156 valence electrons. The van der Waals surface area contributed by atoms with Gasteiger partial charge in [-0.05, 0) is 36.8 Å². The molecule has 1 aromatic rings. The van der Waals surface area contributed by atoms with Gasteiger partial charge in [-0.1, -0.05) is 42.0 Å². The predicted octanol–water partition coefficient (Wildman–Crippen LogP) is 3.39. The van der Waals surface area contributed by atoms with Crippen LogP contribution in [0, 0.1) is 0 Å². The number of phenolic OH excluding ortho intramolecular Hbond substituents is 1. The molecule has 1 atom stereocenters. The topological polar surface area (TPSA) is 101 Å². The maximum atomic E-state index is 11.6. The van der Waals surface area contributed by atoms with Crippen molar-refractivity contribution in [3.8, 4) is 5.75 Å². The molecule has 2 aliphatic rings. The first-order valence-corrected chi connectivity index (χ1v) is 8.81. The van der Waals surface area contributed by atoms with Crippen molar-refractivity contribution in [2.45, 2.75) is 19.4 Å². The van der Waals surface area contributed by atoms with Crippen molar-refractivity contribution in [3.63, 3.8) is 0 Å². The Kier molecular flexibility index (Phi) is 10.3. The van der Waals surface area contributed by atoms with Gasteiger partial charge in [0.2, 0.25) is 0 Å². The van der Waals surface area contributed by atoms with Gasteiger partial charge in [0.25, 0.3) is 0 Å². The van der Waals surface area contributed by atoms with Gasteiger partial charge in [0.1, 0.15) is 11.8 Å². The van der Waals surface area contributed by atoms with Crippen LogP contribution in [0.25, 0.3) is 5.32 Å². The summed E-state index contributed by atoms with van der Waals surface area (Å²) in [6.45, 7) is 2.94. The Hall–Kier alpha value is -3.02. The second kappa shape index (κ2) is 12.4. The summed E-state index contributed by atoms with van der Waals surface area (Å²) in [4.78, 5) is 22.8. The minimum Gasteiger partial charge on any atom is -0.687 e. The number of nitrogens with one attached hydrogen (secondary N) is 1. The zero-order valence-corrected chi connectivity index (χ0v) is 16.8. The van der Waals surface area contributed by atoms with Gasteiger partial charge in [-0.25, -0.2) is 4.79 Å². The van der Waals surface area contributed by atoms with Crippen LogP contribution >= 0.6 is 0 Å². The number of carbonyl (C=O) groups is 2. The van der Waals surface area contributed by atoms with Crippen LogP contribution in [0.3, 0.4) is 0 Å². The van der Waals surface area contributed by atoms with Gasteiger partial charge >= 0.3 is 23.0 Å². The monoisotopic (exact) mass is 442 g/mol. The number of benzene rings is 1. The molecule has 0 saturated heterocycles. The molecule has 0 spiro atoms. The fourth-order valence-corrected chi connectivity index (χ4v) is 2.37. The van der Waals surface area contributed by atoms with E-state index in [-0.39, 0.29) is 35.0 Å². The molecule has 1 aromatic carbocycles. The third-order valence-electron chi connectivity index (χ3n) is 3.99. The first-order valence-electron chi connectivity index (χ1n) is 8.81. The third-order valence-corrected chi connectivity index (χ3v) is 3.99. The summed E-state index contributed by atoms with van der Waals surface area (Å²) in [5.41, 5.74) is 2.50. The molecule has 0 saturated carbocycles. The maximum Gasteiger partial charge on any atom is 1.00 e. The summed E-state index contributed by atoms with van der Waals surface area (Å²) in [5.74, 6) is -1.05. The number of carboxylic acid groups (broad SMARTS) is 1. The van der Waals surface area contributed by atoms with Crippen molar-refractivity contribution >= 4 is 11.8 Å². The number of aliphatic carboxylic acids is 1. The van der Waals surface area contributed by atoms with Crippen molar-refractivity contribution < 1.29 is 36.9 Å². The van der Waals surface area contributed by atoms with E-state index in [4.69, 9.17) is 0 Å². The molecule has 0 aromatic heterocycles. The standard InChI is InChI=1S/C16H15NO4.C6H8N.Cu/c18-13-7-5-11(6-8-13)9-14(16(20)21)17-10-12-3-1-2-4-15(12)19;1-6-2-4-7-5-3-6;/h1-8,10,14,17-18H,9H2,(H,20,21);2-4H,5H2,1H3;/q;-1;+1. The van der Waals surface area contributed by atoms with Gasteiger partial charge in [-0.15, -0.1) is 6.54 Å². The molecule has 6 nitrogen and oxygen atoms in total. The van der Waals surface area contributed by atoms with Crippen LogP contribution in [-0.4, -0.2) is 34.6 Å². The second-order valence-corrected chi connectivity index (χ2v) is 6.24. The number of allylic oxidation sites excluding steroid dienone is 7. The van der Waals surface area contributed by atoms with Gasteiger partial charge in [0.15, 0.2) is 5.78 Å². The molecule has 3 N–H and O–H groups in total. The number of rotatable bonds is 5. The second-order valence-electron chi connectivity index (χ2n) is 6.24. The van der Waals surface area contributed by atoms with Crippen molar-refractivity contribution in [2.24, 2.45) is 0 Å². The van der Waals surface area contributed by atoms with Gasteiger partial charge < -0.3 is 20.8 Å². The Morgan fingerprint density at radius 3 is 2.41 bits per heavy atom. The average Bonchev–Trinajstić information content (AvgIpc) is 2.68. The molecule has 1 aliphatic carbocycles. The number of hydrogen-bond donors (Lipinski definition) is 3. The van der Waals surface area contributed by atoms with E-state index < -0.39 is 12.0 Å². The summed E-state index contributed by atoms with van der Waals surface area (Å²) >= 11 is 0. The number of aromatic hydroxyl groups is 1. The number of hydrogen-bond acceptors (Lipinski definition) is 4. The molecule has 0 radical (unpaired) electrons. The summed E-state index contributed by atoms with van der Waals surface area (Å²) in [7, 11) is 0. The molecule has 1 aliphatic heterocycles. The fourth-order valence-electron chi connectivity index (χ4n) is 2.37. The van der Waals surface area contributed by atoms with E-state index in [1.165, 1.54) is 30.0 Å². The molecular formula is C22H23CuN2O4. The molecule has 3 rings (SSSR count). The Morgan fingerprint density at radius 2 is 1.90 bits per heavy atom. The van der Waals surface area contributed by atoms with Crippen LogP contribution in [0.15, 0.2) is 84.3 Å². The quantitative estimate of drug-likeness (QED) is 0.479. The smallest absolute Gasteiger partial charge is 0.687 e. The van der Waals surface area contributed by atoms with Crippen molar-refractivity contribution in [1.82, 2.24) is 5.32 Å². The van der Waals surface area contributed by atoms with Crippen molar-refractivity contribution in [3.05, 3.63) is 95.1 Å². The van der Waals surface area contributed by atoms with Crippen LogP contribution in [0.4, 0.5) is 0 Å². The summed E-state index contributed by atoms with van der Waals surface area (Å²) in [5, 5.41) is 25.2. The van der Waals surface area contributed by atoms with Gasteiger partial charge in [0, 0.05) is 18.2 Å². The summed E-state index contributed by atoms with van der Waals surface area (Å²) in [6.07, 6.45) is 14.0. The van der Waals surface area contributed by atoms with Gasteiger partial charge in [-0.3, -0.25) is 4.79 Å². The van der Waals surface area contributed by atoms with Gasteiger partial charge in [0.05, 0.1) is 0 Å². The molecule has 0 fully saturated rings. The Morgan fingerprint density at radius 1 is 1.21 bits per heavy atom. The molecule has 1 heterocycles. The van der Waals surface area contributed by atoms with Crippen molar-refractivity contribution in [1.29, 1.82) is 0 Å². The van der Waals surface area contributed by atoms with Crippen molar-refractivity contribution in [2.75, 3.05) is 6.54 Å². The molecule has 1 unspecified atom stereocenters. The summed E-state index contributed by atoms with van der Waals surface area (Å²) < 4.78 is 0. The Bertz CT molecular complexity index is 852. The largest absolute Gasteiger partial charge is 1.00 e. The van der Waals surface area contributed by atoms with E-state index >= 15 is 0 Å². The van der Waals surface area contributed by atoms with Crippen LogP contribution in [-0.2, 0) is 33.1 Å². The van der Waals surface area contributed by atoms with E-state index in [0.717, 1.165) is 12.1 Å². The zero-order valence-electron chi connectivity index (χ0n) is 15.9. The maximum absolute atomic E-state index is 11.6. The normalized spacial score (nSPS) is 16.7. The van der Waals surface area contributed by atoms with E-state index in [1.54, 1.807) is 30.4 Å². The first-order chi connectivity index (χ1) is 13.5. The van der Waals surface area contributed by atoms with E-state index in [0.29, 0.717) is 5.57 Å². The number of ketones is 1. The zero-order chi connectivity index (χ0) is 20.4. The van der Waals surface area contributed by atoms with Crippen LogP contribution in [0.5, 0.6) is 5.75 Å². The van der Waals surface area contributed by atoms with E-state index in [9.17, 15) is 19.8 Å². The average molecular weight is 443 g/mol. The molecule has 0 bridgehead atoms. The number of carboxylic acids is 1. The Labute approximate surface area is 180 Å². The Balaban J connectivity index is 0.000000445. The number of phenols is 1. The third kappa shape index (κ3) is 8.68. The van der Waals surface area contributed by atoms with E-state index in [2.05, 4.69) is 23.6 Å². The summed E-state index contributed by atoms with van der Waals surface area (Å²) in [6, 6.07) is 5.48. The minimum atomic E-state index is -1.01. The van der Waals surface area contributed by atoms with Gasteiger partial charge in [-0.2, -0.15) is 6.20 Å². The van der Waals surface area contributed by atoms with Crippen LogP contribution in [0.1, 0.15) is 12.5 Å². The SMILES string of the molecule is CC1=CC[N-]C=C1.O=C1C=CC=CC1=CNC(Cc1ccc(O)cc1)C(=O)O.[Cu+]. The number of nitrogens with zero attached hydrogens (tertiary/aromatic N) is 1. The molecule has 29 heavy (non-hydrogen) atoms. The van der Waals surface area contributed by atoms with E-state index in [1.807, 2.05) is 12.3 Å². The first kappa shape index (κ1) is 24.0. The minimum absolute atomic E-state index is 0. The molecule has 0 amide bonds. The molecular weight excluding hydrogens is 420 g/mol. The predicted molar refractivity (Wildman–Crippen MR) is 109 cm³/mol. The van der Waals surface area contributed by atoms with Crippen LogP contribution in [0.2, 0.25) is 0 Å². The van der Waals surface area contributed by atoms with Crippen LogP contribution < -0.4 is 5.32 Å². The number of carbonyl (C=O) groups excluding carboxylic acids is 1. The molecule has 7 heteroatoms.